The summed E-state index contributed by atoms with van der Waals surface area (Å²) in [5.74, 6) is 0. The average Bonchev–Trinajstić information content (AvgIpc) is 2.31. The van der Waals surface area contributed by atoms with Gasteiger partial charge in [0.2, 0.25) is 0 Å². The molecule has 98 valence electrons. The van der Waals surface area contributed by atoms with E-state index in [4.69, 9.17) is 0 Å². The average molecular weight is 265 g/mol. The monoisotopic (exact) mass is 265 g/mol. The third-order valence-corrected chi connectivity index (χ3v) is 6.35. The summed E-state index contributed by atoms with van der Waals surface area (Å²) in [6, 6.07) is 3.90. The van der Waals surface area contributed by atoms with E-state index in [1.54, 1.807) is 6.20 Å². The lowest BCUT2D eigenvalue weighted by Gasteiger charge is -2.43. The summed E-state index contributed by atoms with van der Waals surface area (Å²) in [6.07, 6.45) is 6.08. The summed E-state index contributed by atoms with van der Waals surface area (Å²) in [5.41, 5.74) is 1.01. The van der Waals surface area contributed by atoms with E-state index in [2.05, 4.69) is 4.98 Å². The summed E-state index contributed by atoms with van der Waals surface area (Å²) in [7, 11) is -0.749. The first-order valence-electron chi connectivity index (χ1n) is 6.63. The summed E-state index contributed by atoms with van der Waals surface area (Å²) in [6.45, 7) is 2.01. The van der Waals surface area contributed by atoms with Gasteiger partial charge in [-0.05, 0) is 50.3 Å². The molecule has 1 aromatic rings. The molecular formula is C14H19NO2S. The molecule has 0 aromatic carbocycles. The fourth-order valence-corrected chi connectivity index (χ4v) is 5.50. The summed E-state index contributed by atoms with van der Waals surface area (Å²) < 4.78 is 12.2. The van der Waals surface area contributed by atoms with E-state index >= 15 is 0 Å². The molecule has 2 fully saturated rings. The van der Waals surface area contributed by atoms with Gasteiger partial charge < -0.3 is 5.11 Å². The Hall–Kier alpha value is -0.740. The van der Waals surface area contributed by atoms with Crippen molar-refractivity contribution >= 4 is 10.8 Å². The Morgan fingerprint density at radius 1 is 1.39 bits per heavy atom. The van der Waals surface area contributed by atoms with Crippen molar-refractivity contribution in [1.82, 2.24) is 4.98 Å². The normalized spacial score (nSPS) is 39.6. The van der Waals surface area contributed by atoms with Crippen molar-refractivity contribution in [2.24, 2.45) is 0 Å². The second kappa shape index (κ2) is 4.42. The largest absolute Gasteiger partial charge is 0.383 e. The van der Waals surface area contributed by atoms with E-state index in [0.29, 0.717) is 12.8 Å². The highest BCUT2D eigenvalue weighted by molar-refractivity contribution is 7.86. The Labute approximate surface area is 110 Å². The maximum absolute atomic E-state index is 12.2. The van der Waals surface area contributed by atoms with Crippen molar-refractivity contribution in [3.8, 4) is 0 Å². The zero-order chi connectivity index (χ0) is 12.8. The minimum Gasteiger partial charge on any atom is -0.383 e. The van der Waals surface area contributed by atoms with E-state index in [-0.39, 0.29) is 10.5 Å². The topological polar surface area (TPSA) is 50.2 Å². The molecule has 1 N–H and O–H groups in total. The molecule has 0 spiro atoms. The zero-order valence-electron chi connectivity index (χ0n) is 10.6. The molecule has 3 heterocycles. The Kier molecular flexibility index (Phi) is 3.02. The fourth-order valence-electron chi connectivity index (χ4n) is 3.28. The molecule has 4 heteroatoms. The van der Waals surface area contributed by atoms with Crippen LogP contribution in [0, 0.1) is 6.92 Å². The van der Waals surface area contributed by atoms with Gasteiger partial charge in [0.1, 0.15) is 5.60 Å². The molecule has 1 aromatic heterocycles. The van der Waals surface area contributed by atoms with E-state index in [0.717, 1.165) is 30.5 Å². The van der Waals surface area contributed by atoms with E-state index in [1.165, 1.54) is 0 Å². The van der Waals surface area contributed by atoms with Gasteiger partial charge in [-0.25, -0.2) is 0 Å². The maximum Gasteiger partial charge on any atom is 0.109 e. The number of rotatable bonds is 1. The van der Waals surface area contributed by atoms with Gasteiger partial charge in [0, 0.05) is 27.5 Å². The second-order valence-electron chi connectivity index (χ2n) is 5.66. The van der Waals surface area contributed by atoms with Crippen LogP contribution in [0.5, 0.6) is 0 Å². The number of aromatic nitrogens is 1. The van der Waals surface area contributed by atoms with Gasteiger partial charge >= 0.3 is 0 Å². The van der Waals surface area contributed by atoms with Crippen LogP contribution in [-0.4, -0.2) is 24.8 Å². The Morgan fingerprint density at radius 2 is 2.06 bits per heavy atom. The number of hydrogen-bond acceptors (Lipinski definition) is 3. The highest BCUT2D eigenvalue weighted by atomic mass is 32.2. The van der Waals surface area contributed by atoms with Crippen molar-refractivity contribution < 1.29 is 9.32 Å². The van der Waals surface area contributed by atoms with Gasteiger partial charge in [0.05, 0.1) is 5.69 Å². The van der Waals surface area contributed by atoms with Crippen LogP contribution in [0.15, 0.2) is 18.3 Å². The maximum atomic E-state index is 12.2. The molecule has 2 aliphatic rings. The number of aliphatic hydroxyl groups is 1. The SMILES string of the molecule is Cc1ccnc(C2(O)CC3CCCC(C2)S3=O)c1. The van der Waals surface area contributed by atoms with Gasteiger partial charge in [-0.15, -0.1) is 0 Å². The number of nitrogens with zero attached hydrogens (tertiary/aromatic N) is 1. The lowest BCUT2D eigenvalue weighted by Crippen LogP contribution is -2.47. The minimum atomic E-state index is -0.865. The Balaban J connectivity index is 1.94. The molecule has 0 amide bonds. The van der Waals surface area contributed by atoms with Gasteiger partial charge in [-0.3, -0.25) is 9.19 Å². The first kappa shape index (κ1) is 12.3. The van der Waals surface area contributed by atoms with Crippen molar-refractivity contribution in [2.45, 2.75) is 55.1 Å². The number of pyridine rings is 1. The van der Waals surface area contributed by atoms with Gasteiger partial charge in [0.15, 0.2) is 0 Å². The summed E-state index contributed by atoms with van der Waals surface area (Å²) in [4.78, 5) is 4.34. The third kappa shape index (κ3) is 2.01. The molecule has 0 aliphatic carbocycles. The van der Waals surface area contributed by atoms with Crippen LogP contribution in [0.4, 0.5) is 0 Å². The zero-order valence-corrected chi connectivity index (χ0v) is 11.4. The highest BCUT2D eigenvalue weighted by Crippen LogP contribution is 2.43. The fraction of sp³-hybridized carbons (Fsp3) is 0.643. The first-order valence-corrected chi connectivity index (χ1v) is 7.91. The van der Waals surface area contributed by atoms with Crippen LogP contribution >= 0.6 is 0 Å². The lowest BCUT2D eigenvalue weighted by molar-refractivity contribution is 0.00244. The molecule has 2 atom stereocenters. The summed E-state index contributed by atoms with van der Waals surface area (Å²) in [5, 5.41) is 11.2. The molecule has 2 bridgehead atoms. The van der Waals surface area contributed by atoms with Gasteiger partial charge in [0.25, 0.3) is 0 Å². The van der Waals surface area contributed by atoms with Crippen molar-refractivity contribution in [2.75, 3.05) is 0 Å². The number of aryl methyl sites for hydroxylation is 1. The molecule has 18 heavy (non-hydrogen) atoms. The molecular weight excluding hydrogens is 246 g/mol. The molecule has 2 saturated heterocycles. The van der Waals surface area contributed by atoms with Crippen molar-refractivity contribution in [1.29, 1.82) is 0 Å². The number of hydrogen-bond donors (Lipinski definition) is 1. The molecule has 0 radical (unpaired) electrons. The number of fused-ring (bicyclic) bond motifs is 2. The van der Waals surface area contributed by atoms with Crippen molar-refractivity contribution in [3.05, 3.63) is 29.6 Å². The third-order valence-electron chi connectivity index (χ3n) is 4.23. The van der Waals surface area contributed by atoms with Crippen LogP contribution in [0.2, 0.25) is 0 Å². The van der Waals surface area contributed by atoms with Crippen LogP contribution in [0.25, 0.3) is 0 Å². The molecule has 0 saturated carbocycles. The van der Waals surface area contributed by atoms with E-state index in [1.807, 2.05) is 19.1 Å². The van der Waals surface area contributed by atoms with Crippen LogP contribution in [0.3, 0.4) is 0 Å². The standard InChI is InChI=1S/C14H19NO2S/c1-10-5-6-15-13(7-10)14(16)8-11-3-2-4-12(9-14)18(11)17/h5-7,11-12,16H,2-4,8-9H2,1H3. The van der Waals surface area contributed by atoms with Gasteiger partial charge in [-0.2, -0.15) is 0 Å². The van der Waals surface area contributed by atoms with E-state index in [9.17, 15) is 9.32 Å². The van der Waals surface area contributed by atoms with Crippen molar-refractivity contribution in [3.63, 3.8) is 0 Å². The molecule has 2 unspecified atom stereocenters. The smallest absolute Gasteiger partial charge is 0.109 e. The summed E-state index contributed by atoms with van der Waals surface area (Å²) >= 11 is 0. The van der Waals surface area contributed by atoms with E-state index < -0.39 is 16.4 Å². The highest BCUT2D eigenvalue weighted by Gasteiger charge is 2.47. The molecule has 3 rings (SSSR count). The van der Waals surface area contributed by atoms with Gasteiger partial charge in [-0.1, -0.05) is 6.42 Å². The second-order valence-corrected chi connectivity index (χ2v) is 7.65. The van der Waals surface area contributed by atoms with Crippen LogP contribution in [-0.2, 0) is 16.4 Å². The Bertz CT molecular complexity index is 472. The Morgan fingerprint density at radius 3 is 2.67 bits per heavy atom. The molecule has 3 nitrogen and oxygen atoms in total. The van der Waals surface area contributed by atoms with Crippen LogP contribution < -0.4 is 0 Å². The quantitative estimate of drug-likeness (QED) is 0.845. The minimum absolute atomic E-state index is 0.157. The first-order chi connectivity index (χ1) is 8.58. The lowest BCUT2D eigenvalue weighted by atomic mass is 9.82. The predicted molar refractivity (Wildman–Crippen MR) is 71.7 cm³/mol. The van der Waals surface area contributed by atoms with Crippen LogP contribution in [0.1, 0.15) is 43.4 Å². The predicted octanol–water partition coefficient (Wildman–Crippen LogP) is 2.04. The molecule has 2 aliphatic heterocycles.